The van der Waals surface area contributed by atoms with Crippen molar-refractivity contribution in [2.24, 2.45) is 0 Å². The number of piperazine rings is 1. The van der Waals surface area contributed by atoms with Gasteiger partial charge in [-0.05, 0) is 24.0 Å². The molecule has 1 N–H and O–H groups in total. The number of amides is 2. The molecule has 166 valence electrons. The number of methoxy groups -OCH3 is 1. The Morgan fingerprint density at radius 1 is 0.871 bits per heavy atom. The molecule has 2 amide bonds. The number of unbranched alkanes of at least 4 members (excludes halogenated alkanes) is 2. The van der Waals surface area contributed by atoms with E-state index < -0.39 is 0 Å². The predicted octanol–water partition coefficient (Wildman–Crippen LogP) is 3.84. The first-order valence-electron chi connectivity index (χ1n) is 11.1. The lowest BCUT2D eigenvalue weighted by atomic mass is 9.96. The lowest BCUT2D eigenvalue weighted by Crippen LogP contribution is -2.52. The first kappa shape index (κ1) is 22.8. The molecule has 1 fully saturated rings. The van der Waals surface area contributed by atoms with Crippen LogP contribution in [-0.2, 0) is 9.53 Å². The number of nitrogens with one attached hydrogen (secondary N) is 1. The summed E-state index contributed by atoms with van der Waals surface area (Å²) in [4.78, 5) is 28.0. The van der Waals surface area contributed by atoms with Crippen LogP contribution in [-0.4, -0.2) is 61.6 Å². The predicted molar refractivity (Wildman–Crippen MR) is 122 cm³/mol. The van der Waals surface area contributed by atoms with Gasteiger partial charge in [-0.3, -0.25) is 9.69 Å². The maximum atomic E-state index is 12.5. The summed E-state index contributed by atoms with van der Waals surface area (Å²) in [6.07, 6.45) is 3.00. The van der Waals surface area contributed by atoms with Gasteiger partial charge in [0.05, 0.1) is 13.2 Å². The van der Waals surface area contributed by atoms with Crippen molar-refractivity contribution >= 4 is 12.0 Å². The van der Waals surface area contributed by atoms with Crippen molar-refractivity contribution in [2.45, 2.75) is 31.7 Å². The van der Waals surface area contributed by atoms with E-state index in [1.165, 1.54) is 18.2 Å². The van der Waals surface area contributed by atoms with Crippen LogP contribution in [0.1, 0.15) is 42.9 Å². The standard InChI is InChI=1S/C25H33N3O3/c1-31-23(29)15-9-4-10-16-26-25(30)28-19-17-27(18-20-28)24(21-11-5-2-6-12-21)22-13-7-3-8-14-22/h2-3,5-8,11-14,24H,4,9-10,15-20H2,1H3,(H,26,30). The molecule has 3 rings (SSSR count). The second kappa shape index (κ2) is 12.1. The largest absolute Gasteiger partial charge is 0.469 e. The Labute approximate surface area is 185 Å². The number of hydrogen-bond donors (Lipinski definition) is 1. The van der Waals surface area contributed by atoms with Crippen LogP contribution in [0.4, 0.5) is 4.79 Å². The molecule has 1 aliphatic heterocycles. The van der Waals surface area contributed by atoms with Crippen molar-refractivity contribution in [3.63, 3.8) is 0 Å². The summed E-state index contributed by atoms with van der Waals surface area (Å²) in [5, 5.41) is 3.01. The van der Waals surface area contributed by atoms with Crippen LogP contribution in [0.2, 0.25) is 0 Å². The fourth-order valence-electron chi connectivity index (χ4n) is 4.05. The Kier molecular flexibility index (Phi) is 8.91. The van der Waals surface area contributed by atoms with Crippen molar-refractivity contribution in [3.8, 4) is 0 Å². The summed E-state index contributed by atoms with van der Waals surface area (Å²) in [6, 6.07) is 21.3. The molecule has 6 nitrogen and oxygen atoms in total. The summed E-state index contributed by atoms with van der Waals surface area (Å²) in [6.45, 7) is 3.73. The highest BCUT2D eigenvalue weighted by Crippen LogP contribution is 2.29. The molecule has 2 aromatic rings. The molecular weight excluding hydrogens is 390 g/mol. The number of ether oxygens (including phenoxy) is 1. The molecule has 0 saturated carbocycles. The third-order valence-corrected chi connectivity index (χ3v) is 5.76. The summed E-state index contributed by atoms with van der Waals surface area (Å²) in [5.74, 6) is -0.175. The molecular formula is C25H33N3O3. The minimum Gasteiger partial charge on any atom is -0.469 e. The minimum absolute atomic E-state index is 0.00332. The van der Waals surface area contributed by atoms with Crippen LogP contribution in [0, 0.1) is 0 Å². The monoisotopic (exact) mass is 423 g/mol. The van der Waals surface area contributed by atoms with Crippen molar-refractivity contribution in [2.75, 3.05) is 39.8 Å². The summed E-state index contributed by atoms with van der Waals surface area (Å²) in [5.41, 5.74) is 2.55. The van der Waals surface area contributed by atoms with E-state index in [4.69, 9.17) is 0 Å². The smallest absolute Gasteiger partial charge is 0.317 e. The summed E-state index contributed by atoms with van der Waals surface area (Å²) in [7, 11) is 1.41. The zero-order valence-electron chi connectivity index (χ0n) is 18.3. The second-order valence-electron chi connectivity index (χ2n) is 7.87. The number of carbonyl (C=O) groups is 2. The van der Waals surface area contributed by atoms with Gasteiger partial charge in [0.2, 0.25) is 0 Å². The van der Waals surface area contributed by atoms with E-state index in [2.05, 4.69) is 63.5 Å². The lowest BCUT2D eigenvalue weighted by molar-refractivity contribution is -0.140. The van der Waals surface area contributed by atoms with Crippen LogP contribution in [0.25, 0.3) is 0 Å². The van der Waals surface area contributed by atoms with Gasteiger partial charge in [0.25, 0.3) is 0 Å². The van der Waals surface area contributed by atoms with E-state index in [-0.39, 0.29) is 18.0 Å². The number of benzene rings is 2. The normalized spacial score (nSPS) is 14.5. The Balaban J connectivity index is 1.47. The molecule has 0 aromatic heterocycles. The number of rotatable bonds is 9. The van der Waals surface area contributed by atoms with Crippen molar-refractivity contribution in [3.05, 3.63) is 71.8 Å². The van der Waals surface area contributed by atoms with Gasteiger partial charge in [0.15, 0.2) is 0 Å². The molecule has 31 heavy (non-hydrogen) atoms. The Morgan fingerprint density at radius 2 is 1.45 bits per heavy atom. The molecule has 1 saturated heterocycles. The first-order valence-corrected chi connectivity index (χ1v) is 11.1. The van der Waals surface area contributed by atoms with Gasteiger partial charge in [0, 0.05) is 39.1 Å². The van der Waals surface area contributed by atoms with E-state index in [1.807, 2.05) is 17.0 Å². The second-order valence-corrected chi connectivity index (χ2v) is 7.87. The molecule has 0 unspecified atom stereocenters. The zero-order chi connectivity index (χ0) is 21.9. The maximum Gasteiger partial charge on any atom is 0.317 e. The third kappa shape index (κ3) is 6.82. The molecule has 0 radical (unpaired) electrons. The van der Waals surface area contributed by atoms with Gasteiger partial charge in [-0.1, -0.05) is 67.1 Å². The quantitative estimate of drug-likeness (QED) is 0.492. The van der Waals surface area contributed by atoms with Gasteiger partial charge < -0.3 is 15.0 Å². The topological polar surface area (TPSA) is 61.9 Å². The van der Waals surface area contributed by atoms with Crippen LogP contribution in [0.3, 0.4) is 0 Å². The highest BCUT2D eigenvalue weighted by molar-refractivity contribution is 5.74. The molecule has 2 aromatic carbocycles. The molecule has 0 aliphatic carbocycles. The first-order chi connectivity index (χ1) is 15.2. The Hall–Kier alpha value is -2.86. The van der Waals surface area contributed by atoms with Gasteiger partial charge in [0.1, 0.15) is 0 Å². The van der Waals surface area contributed by atoms with E-state index in [0.29, 0.717) is 26.1 Å². The third-order valence-electron chi connectivity index (χ3n) is 5.76. The number of esters is 1. The van der Waals surface area contributed by atoms with Gasteiger partial charge in [-0.25, -0.2) is 4.79 Å². The van der Waals surface area contributed by atoms with Crippen LogP contribution in [0.5, 0.6) is 0 Å². The number of hydrogen-bond acceptors (Lipinski definition) is 4. The molecule has 0 spiro atoms. The van der Waals surface area contributed by atoms with Crippen LogP contribution in [0.15, 0.2) is 60.7 Å². The SMILES string of the molecule is COC(=O)CCCCCNC(=O)N1CCN(C(c2ccccc2)c2ccccc2)CC1. The lowest BCUT2D eigenvalue weighted by Gasteiger charge is -2.39. The summed E-state index contributed by atoms with van der Waals surface area (Å²) >= 11 is 0. The van der Waals surface area contributed by atoms with E-state index >= 15 is 0 Å². The number of carbonyl (C=O) groups excluding carboxylic acids is 2. The van der Waals surface area contributed by atoms with E-state index in [0.717, 1.165) is 32.4 Å². The van der Waals surface area contributed by atoms with E-state index in [9.17, 15) is 9.59 Å². The summed E-state index contributed by atoms with van der Waals surface area (Å²) < 4.78 is 4.64. The molecule has 1 aliphatic rings. The fourth-order valence-corrected chi connectivity index (χ4v) is 4.05. The van der Waals surface area contributed by atoms with Crippen LogP contribution >= 0.6 is 0 Å². The minimum atomic E-state index is -0.175. The fraction of sp³-hybridized carbons (Fsp3) is 0.440. The molecule has 6 heteroatoms. The average molecular weight is 424 g/mol. The van der Waals surface area contributed by atoms with Crippen LogP contribution < -0.4 is 5.32 Å². The van der Waals surface area contributed by atoms with Crippen molar-refractivity contribution in [1.29, 1.82) is 0 Å². The highest BCUT2D eigenvalue weighted by Gasteiger charge is 2.27. The molecule has 0 atom stereocenters. The van der Waals surface area contributed by atoms with Crippen molar-refractivity contribution in [1.82, 2.24) is 15.1 Å². The Morgan fingerprint density at radius 3 is 2.00 bits per heavy atom. The Bertz CT molecular complexity index is 766. The van der Waals surface area contributed by atoms with Gasteiger partial charge in [-0.15, -0.1) is 0 Å². The van der Waals surface area contributed by atoms with E-state index in [1.54, 1.807) is 0 Å². The number of nitrogens with zero attached hydrogens (tertiary/aromatic N) is 2. The molecule has 1 heterocycles. The zero-order valence-corrected chi connectivity index (χ0v) is 18.3. The molecule has 0 bridgehead atoms. The van der Waals surface area contributed by atoms with Gasteiger partial charge >= 0.3 is 12.0 Å². The average Bonchev–Trinajstić information content (AvgIpc) is 2.83. The number of urea groups is 1. The van der Waals surface area contributed by atoms with Gasteiger partial charge in [-0.2, -0.15) is 0 Å². The van der Waals surface area contributed by atoms with Crippen molar-refractivity contribution < 1.29 is 14.3 Å². The maximum absolute atomic E-state index is 12.5. The highest BCUT2D eigenvalue weighted by atomic mass is 16.5.